The molecule has 3 aromatic carbocycles. The van der Waals surface area contributed by atoms with E-state index in [1.165, 1.54) is 66.6 Å². The minimum atomic E-state index is -1.83. The normalized spacial score (nSPS) is 24.2. The lowest BCUT2D eigenvalue weighted by Gasteiger charge is -2.36. The lowest BCUT2D eigenvalue weighted by atomic mass is 10.00. The molecule has 732 valence electrons. The summed E-state index contributed by atoms with van der Waals surface area (Å²) in [5.41, 5.74) is 20.4. The van der Waals surface area contributed by atoms with Crippen LogP contribution in [0.2, 0.25) is 0 Å². The lowest BCUT2D eigenvalue weighted by Crippen LogP contribution is -2.62. The highest BCUT2D eigenvalue weighted by atomic mass is 32.2. The summed E-state index contributed by atoms with van der Waals surface area (Å²) in [4.78, 5) is 267. The number of benzene rings is 3. The first-order chi connectivity index (χ1) is 64.4. The zero-order valence-corrected chi connectivity index (χ0v) is 79.3. The van der Waals surface area contributed by atoms with Crippen molar-refractivity contribution < 1.29 is 86.6 Å². The number of nitrogens with two attached hydrogens (primary N) is 3. The molecular formula is C92H129N23O18S2. The maximum Gasteiger partial charge on any atom is 0.246 e. The highest BCUT2D eigenvalue weighted by molar-refractivity contribution is 8.00. The Morgan fingerprint density at radius 2 is 1.10 bits per heavy atom. The van der Waals surface area contributed by atoms with Crippen molar-refractivity contribution in [2.75, 3.05) is 65.4 Å². The molecule has 41 nitrogen and oxygen atoms in total. The predicted octanol–water partition coefficient (Wildman–Crippen LogP) is -0.563. The third-order valence-corrected chi connectivity index (χ3v) is 26.4. The van der Waals surface area contributed by atoms with Crippen molar-refractivity contribution in [2.24, 2.45) is 23.1 Å². The molecular weight excluding hydrogens is 1780 g/mol. The summed E-state index contributed by atoms with van der Waals surface area (Å²) in [7, 11) is 4.01. The number of aliphatic hydroxyl groups is 1. The van der Waals surface area contributed by atoms with Crippen molar-refractivity contribution in [3.05, 3.63) is 125 Å². The second kappa shape index (κ2) is 50.9. The van der Waals surface area contributed by atoms with Gasteiger partial charge in [-0.05, 0) is 117 Å². The number of likely N-dealkylation sites (N-methyl/N-ethyl adjacent to an activating group) is 3. The molecule has 6 heterocycles. The topological polar surface area (TPSA) is 605 Å². The number of thiophene rings is 1. The third-order valence-electron chi connectivity index (χ3n) is 24.4. The van der Waals surface area contributed by atoms with E-state index in [1.54, 1.807) is 74.6 Å². The van der Waals surface area contributed by atoms with Gasteiger partial charge >= 0.3 is 0 Å². The Kier molecular flexibility index (Phi) is 39.8. The first kappa shape index (κ1) is 106. The van der Waals surface area contributed by atoms with Crippen LogP contribution in [0.3, 0.4) is 0 Å². The number of guanidine groups is 1. The molecule has 3 aromatic heterocycles. The van der Waals surface area contributed by atoms with Crippen molar-refractivity contribution in [1.82, 2.24) is 97.9 Å². The van der Waals surface area contributed by atoms with Crippen LogP contribution in [0.4, 0.5) is 0 Å². The zero-order valence-electron chi connectivity index (χ0n) is 77.7. The summed E-state index contributed by atoms with van der Waals surface area (Å²) in [5, 5.41) is 51.9. The van der Waals surface area contributed by atoms with Crippen molar-refractivity contribution in [3.63, 3.8) is 0 Å². The molecule has 3 fully saturated rings. The molecule has 135 heavy (non-hydrogen) atoms. The van der Waals surface area contributed by atoms with Crippen LogP contribution in [-0.4, -0.2) is 301 Å². The SMILES string of the molecule is CCCC[C@H]1C(=O)N(C)[C@@H](CCCC)C(=O)N[C@@H](CCCNC(=N)N)C(=O)N[C@H](C(=O)NCC(N)=O)CSCC(=O)N[C@@H](Cc2ccc(C)cc2)C(=O)N(C)[C@@H](C)C(=O)N[C@@H](CC(N)=O)C(=O)N2CCC[C@H]2C(=O)N[C@@H](Cc2cnc[nH]2)C(=O)N[C@@H](CC(C)C)C(=O)N2CCC[C@H]2C(=O)N[C@@H](Cc2c[nH]c3ccccc23)C(=O)N[C@@H](CO)C(=O)N[C@@H](Cc2csc3ccccc23)C(=O)N1C. The van der Waals surface area contributed by atoms with Crippen LogP contribution in [0.5, 0.6) is 0 Å². The minimum Gasteiger partial charge on any atom is -0.394 e. The van der Waals surface area contributed by atoms with Gasteiger partial charge in [0.05, 0.1) is 31.7 Å². The van der Waals surface area contributed by atoms with Crippen molar-refractivity contribution in [2.45, 2.75) is 242 Å². The van der Waals surface area contributed by atoms with E-state index in [0.29, 0.717) is 59.0 Å². The van der Waals surface area contributed by atoms with Crippen LogP contribution in [-0.2, 0) is 107 Å². The molecule has 43 heteroatoms. The van der Waals surface area contributed by atoms with Gasteiger partial charge in [0.25, 0.3) is 0 Å². The number of H-pyrrole nitrogens is 2. The number of amides is 17. The summed E-state index contributed by atoms with van der Waals surface area (Å²) in [6, 6.07) is 0.583. The van der Waals surface area contributed by atoms with Crippen LogP contribution in [0.1, 0.15) is 152 Å². The minimum absolute atomic E-state index is 0.00326. The van der Waals surface area contributed by atoms with E-state index < -0.39 is 222 Å². The number of hydrogen-bond acceptors (Lipinski definition) is 22. The molecule has 0 bridgehead atoms. The standard InChI is InChI=1S/C92H129N23O18S2/c1-10-12-25-70-84(126)103-61(24-18-34-98-92(95)96)80(122)110-69(79(121)100-45-76(94)118)48-134-49-77(119)102-65(38-54-32-30-52(5)31-33-54)87(129)111(7)53(6)78(120)106-67(42-75(93)117)90(132)115-36-20-28-72(115)86(128)105-63(41-57-44-97-50-101-57)82(124)107-64(37-51(3)4)89(131)114-35-19-27-71(114)85(127)104-62(39-55-43-99-60-23-16-14-21-58(55)60)81(123)109-68(46-116)83(125)108-66(40-56-47-135-74-29-17-15-22-59(56)74)88(130)113(9)73(26-13-11-2)91(133)112(70)8/h14-17,21-23,29-33,43-44,47,50-51,53,61-73,99,116H,10-13,18-20,24-28,34-42,45-46,48-49H2,1-9H3,(H2,93,117)(H2,94,118)(H,97,101)(H,100,121)(H,102,119)(H,103,126)(H,104,127)(H,105,128)(H,106,120)(H,107,124)(H,108,125)(H,109,123)(H,110,122)(H4,95,96,98)/t53-,61-,62-,63-,64-,65-,66-,67-,68-,69-,70-,71-,72-,73-/m0/s1. The molecule has 9 rings (SSSR count). The summed E-state index contributed by atoms with van der Waals surface area (Å²) >= 11 is 2.17. The van der Waals surface area contributed by atoms with E-state index in [-0.39, 0.29) is 109 Å². The molecule has 3 saturated heterocycles. The quantitative estimate of drug-likeness (QED) is 0.0184. The van der Waals surface area contributed by atoms with Gasteiger partial charge in [0.2, 0.25) is 100 Å². The maximum atomic E-state index is 15.8. The molecule has 0 spiro atoms. The molecule has 0 radical (unpaired) electrons. The van der Waals surface area contributed by atoms with Crippen molar-refractivity contribution >= 4 is 150 Å². The summed E-state index contributed by atoms with van der Waals surface area (Å²) < 4.78 is 0.830. The van der Waals surface area contributed by atoms with E-state index in [9.17, 15) is 48.3 Å². The highest BCUT2D eigenvalue weighted by Crippen LogP contribution is 2.30. The molecule has 0 unspecified atom stereocenters. The first-order valence-corrected chi connectivity index (χ1v) is 47.7. The number of aromatic amines is 2. The number of aliphatic hydroxyl groups excluding tert-OH is 1. The largest absolute Gasteiger partial charge is 0.394 e. The average molecular weight is 1910 g/mol. The number of rotatable bonds is 26. The number of unbranched alkanes of at least 4 members (excludes halogenated alkanes) is 2. The van der Waals surface area contributed by atoms with E-state index >= 15 is 38.4 Å². The molecule has 21 N–H and O–H groups in total. The van der Waals surface area contributed by atoms with Gasteiger partial charge in [0.15, 0.2) is 5.96 Å². The van der Waals surface area contributed by atoms with Crippen LogP contribution in [0.25, 0.3) is 21.0 Å². The Bertz CT molecular complexity index is 5210. The first-order valence-electron chi connectivity index (χ1n) is 45.7. The van der Waals surface area contributed by atoms with Crippen LogP contribution < -0.4 is 75.7 Å². The second-order valence-electron chi connectivity index (χ2n) is 35.0. The zero-order chi connectivity index (χ0) is 98.4. The van der Waals surface area contributed by atoms with Gasteiger partial charge < -0.3 is 115 Å². The number of nitrogens with one attached hydrogen (secondary N) is 14. The molecule has 17 amide bonds. The molecule has 6 aromatic rings. The molecule has 0 aliphatic carbocycles. The lowest BCUT2D eigenvalue weighted by molar-refractivity contribution is -0.149. The number of carbonyl (C=O) groups is 17. The Labute approximate surface area is 791 Å². The average Bonchev–Trinajstić information content (AvgIpc) is 1.75. The third kappa shape index (κ3) is 29.7. The van der Waals surface area contributed by atoms with Gasteiger partial charge in [-0.15, -0.1) is 23.1 Å². The van der Waals surface area contributed by atoms with Crippen LogP contribution in [0, 0.1) is 18.3 Å². The van der Waals surface area contributed by atoms with Crippen LogP contribution >= 0.6 is 23.1 Å². The number of carbonyl (C=O) groups excluding carboxylic acids is 17. The van der Waals surface area contributed by atoms with Gasteiger partial charge in [-0.2, -0.15) is 0 Å². The number of aromatic nitrogens is 3. The number of hydrogen-bond donors (Lipinski definition) is 18. The molecule has 14 atom stereocenters. The number of primary amides is 2. The molecule has 3 aliphatic heterocycles. The number of imidazole rings is 1. The van der Waals surface area contributed by atoms with Crippen LogP contribution in [0.15, 0.2) is 96.9 Å². The summed E-state index contributed by atoms with van der Waals surface area (Å²) in [6.07, 6.45) is 4.96. The second-order valence-corrected chi connectivity index (χ2v) is 36.9. The maximum absolute atomic E-state index is 15.8. The smallest absolute Gasteiger partial charge is 0.246 e. The highest BCUT2D eigenvalue weighted by Gasteiger charge is 2.46. The monoisotopic (exact) mass is 1910 g/mol. The van der Waals surface area contributed by atoms with E-state index in [4.69, 9.17) is 22.6 Å². The Balaban J connectivity index is 1.10. The summed E-state index contributed by atoms with van der Waals surface area (Å²) in [5.74, 6) is -16.7. The fraction of sp³-hybridized carbons (Fsp3) is 0.533. The number of thioether (sulfide) groups is 1. The van der Waals surface area contributed by atoms with Gasteiger partial charge in [0, 0.05) is 106 Å². The van der Waals surface area contributed by atoms with E-state index in [0.717, 1.165) is 37.2 Å². The number of aryl methyl sites for hydroxylation is 1. The van der Waals surface area contributed by atoms with Gasteiger partial charge in [-0.1, -0.05) is 120 Å². The Morgan fingerprint density at radius 3 is 1.71 bits per heavy atom. The fourth-order valence-electron chi connectivity index (χ4n) is 16.8. The van der Waals surface area contributed by atoms with E-state index in [1.807, 2.05) is 44.4 Å². The van der Waals surface area contributed by atoms with Gasteiger partial charge in [-0.3, -0.25) is 86.9 Å². The van der Waals surface area contributed by atoms with Gasteiger partial charge in [-0.25, -0.2) is 4.98 Å². The Morgan fingerprint density at radius 1 is 0.548 bits per heavy atom. The molecule has 0 saturated carbocycles. The Hall–Kier alpha value is -13.1. The van der Waals surface area contributed by atoms with Gasteiger partial charge in [0.1, 0.15) is 84.6 Å². The predicted molar refractivity (Wildman–Crippen MR) is 505 cm³/mol. The van der Waals surface area contributed by atoms with E-state index in [2.05, 4.69) is 73.4 Å². The van der Waals surface area contributed by atoms with Crippen molar-refractivity contribution in [3.8, 4) is 0 Å². The number of nitrogens with zero attached hydrogens (tertiary/aromatic N) is 6. The number of fused-ring (bicyclic) bond motifs is 4. The van der Waals surface area contributed by atoms with Crippen molar-refractivity contribution in [1.29, 1.82) is 5.41 Å². The molecule has 3 aliphatic rings. The summed E-state index contributed by atoms with van der Waals surface area (Å²) in [6.45, 7) is 8.62. The fourth-order valence-corrected chi connectivity index (χ4v) is 18.6. The number of para-hydroxylation sites is 1.